The molecule has 1 rings (SSSR count). The Kier molecular flexibility index (Phi) is 4.17. The molecule has 1 saturated carbocycles. The summed E-state index contributed by atoms with van der Waals surface area (Å²) >= 11 is 0. The summed E-state index contributed by atoms with van der Waals surface area (Å²) in [7, 11) is 0. The molecular weight excluding hydrogens is 220 g/mol. The maximum atomic E-state index is 12.2. The van der Waals surface area contributed by atoms with E-state index in [4.69, 9.17) is 9.47 Å². The Bertz CT molecular complexity index is 289. The van der Waals surface area contributed by atoms with Crippen LogP contribution in [0.5, 0.6) is 0 Å². The van der Waals surface area contributed by atoms with Gasteiger partial charge >= 0.3 is 11.9 Å². The summed E-state index contributed by atoms with van der Waals surface area (Å²) in [6, 6.07) is 0. The summed E-state index contributed by atoms with van der Waals surface area (Å²) < 4.78 is 10.2. The van der Waals surface area contributed by atoms with Crippen LogP contribution in [0.15, 0.2) is 0 Å². The molecule has 0 aliphatic heterocycles. The van der Waals surface area contributed by atoms with Crippen LogP contribution in [0.3, 0.4) is 0 Å². The first-order valence-electron chi connectivity index (χ1n) is 6.27. The van der Waals surface area contributed by atoms with Crippen LogP contribution in [0.2, 0.25) is 0 Å². The molecule has 0 unspecified atom stereocenters. The lowest BCUT2D eigenvalue weighted by molar-refractivity contribution is -0.179. The van der Waals surface area contributed by atoms with Crippen molar-refractivity contribution in [3.8, 4) is 0 Å². The molecule has 0 heterocycles. The first kappa shape index (κ1) is 14.0. The molecule has 0 aromatic heterocycles. The van der Waals surface area contributed by atoms with Gasteiger partial charge in [-0.3, -0.25) is 9.59 Å². The number of carbonyl (C=O) groups excluding carboxylic acids is 2. The molecule has 0 radical (unpaired) electrons. The highest BCUT2D eigenvalue weighted by molar-refractivity contribution is 6.01. The summed E-state index contributed by atoms with van der Waals surface area (Å²) in [5.41, 5.74) is -1.51. The summed E-state index contributed by atoms with van der Waals surface area (Å²) in [5, 5.41) is 0. The van der Waals surface area contributed by atoms with Crippen molar-refractivity contribution in [3.05, 3.63) is 0 Å². The Labute approximate surface area is 103 Å². The van der Waals surface area contributed by atoms with E-state index >= 15 is 0 Å². The number of hydrogen-bond donors (Lipinski definition) is 0. The molecule has 0 bridgehead atoms. The highest BCUT2D eigenvalue weighted by atomic mass is 16.6. The van der Waals surface area contributed by atoms with Gasteiger partial charge in [-0.2, -0.15) is 0 Å². The van der Waals surface area contributed by atoms with Crippen LogP contribution in [-0.4, -0.2) is 25.2 Å². The fourth-order valence-corrected chi connectivity index (χ4v) is 2.70. The van der Waals surface area contributed by atoms with Crippen molar-refractivity contribution in [1.82, 2.24) is 0 Å². The Hall–Kier alpha value is -1.06. The van der Waals surface area contributed by atoms with E-state index in [-0.39, 0.29) is 13.2 Å². The van der Waals surface area contributed by atoms with Gasteiger partial charge in [-0.05, 0) is 32.1 Å². The minimum Gasteiger partial charge on any atom is -0.465 e. The van der Waals surface area contributed by atoms with Gasteiger partial charge in [0, 0.05) is 0 Å². The van der Waals surface area contributed by atoms with E-state index in [2.05, 4.69) is 0 Å². The van der Waals surface area contributed by atoms with Gasteiger partial charge in [0.15, 0.2) is 5.41 Å². The molecule has 0 amide bonds. The lowest BCUT2D eigenvalue weighted by atomic mass is 9.68. The number of hydrogen-bond acceptors (Lipinski definition) is 4. The van der Waals surface area contributed by atoms with E-state index < -0.39 is 22.8 Å². The average Bonchev–Trinajstić information content (AvgIpc) is 2.55. The van der Waals surface area contributed by atoms with E-state index in [1.165, 1.54) is 0 Å². The molecule has 0 aromatic rings. The zero-order valence-corrected chi connectivity index (χ0v) is 11.2. The molecule has 0 aromatic carbocycles. The van der Waals surface area contributed by atoms with Crippen LogP contribution >= 0.6 is 0 Å². The Morgan fingerprint density at radius 1 is 1.00 bits per heavy atom. The summed E-state index contributed by atoms with van der Waals surface area (Å²) in [6.07, 6.45) is 2.22. The number of rotatable bonds is 4. The average molecular weight is 242 g/mol. The largest absolute Gasteiger partial charge is 0.465 e. The van der Waals surface area contributed by atoms with Crippen LogP contribution in [0.4, 0.5) is 0 Å². The summed E-state index contributed by atoms with van der Waals surface area (Å²) in [4.78, 5) is 24.4. The molecule has 4 heteroatoms. The van der Waals surface area contributed by atoms with Crippen LogP contribution in [0.25, 0.3) is 0 Å². The third-order valence-electron chi connectivity index (χ3n) is 3.76. The van der Waals surface area contributed by atoms with E-state index in [0.29, 0.717) is 6.42 Å². The Morgan fingerprint density at radius 2 is 1.47 bits per heavy atom. The molecule has 4 nitrogen and oxygen atoms in total. The van der Waals surface area contributed by atoms with Gasteiger partial charge in [0.2, 0.25) is 0 Å². The molecule has 1 aliphatic carbocycles. The predicted octanol–water partition coefficient (Wildman–Crippen LogP) is 2.31. The predicted molar refractivity (Wildman–Crippen MR) is 63.3 cm³/mol. The molecule has 1 fully saturated rings. The SMILES string of the molecule is CCOC(=O)C1(C(=O)OCC)CCCC1(C)C. The number of esters is 2. The third kappa shape index (κ3) is 2.17. The smallest absolute Gasteiger partial charge is 0.324 e. The van der Waals surface area contributed by atoms with Crippen LogP contribution in [0, 0.1) is 10.8 Å². The second-order valence-electron chi connectivity index (χ2n) is 5.08. The minimum absolute atomic E-state index is 0.288. The van der Waals surface area contributed by atoms with Gasteiger partial charge in [-0.15, -0.1) is 0 Å². The third-order valence-corrected chi connectivity index (χ3v) is 3.76. The van der Waals surface area contributed by atoms with Gasteiger partial charge in [0.25, 0.3) is 0 Å². The quantitative estimate of drug-likeness (QED) is 0.560. The van der Waals surface area contributed by atoms with Gasteiger partial charge in [-0.25, -0.2) is 0 Å². The molecule has 98 valence electrons. The fourth-order valence-electron chi connectivity index (χ4n) is 2.70. The fraction of sp³-hybridized carbons (Fsp3) is 0.846. The van der Waals surface area contributed by atoms with Crippen LogP contribution in [-0.2, 0) is 19.1 Å². The second kappa shape index (κ2) is 5.07. The topological polar surface area (TPSA) is 52.6 Å². The van der Waals surface area contributed by atoms with E-state index in [1.807, 2.05) is 13.8 Å². The van der Waals surface area contributed by atoms with Gasteiger partial charge in [0.05, 0.1) is 13.2 Å². The molecule has 0 N–H and O–H groups in total. The number of carbonyl (C=O) groups is 2. The standard InChI is InChI=1S/C13H22O4/c1-5-16-10(14)13(11(15)17-6-2)9-7-8-12(13,3)4/h5-9H2,1-4H3. The van der Waals surface area contributed by atoms with Crippen molar-refractivity contribution in [2.75, 3.05) is 13.2 Å². The van der Waals surface area contributed by atoms with Crippen molar-refractivity contribution in [2.24, 2.45) is 10.8 Å². The monoisotopic (exact) mass is 242 g/mol. The first-order valence-corrected chi connectivity index (χ1v) is 6.27. The highest BCUT2D eigenvalue weighted by Crippen LogP contribution is 2.54. The van der Waals surface area contributed by atoms with Crippen molar-refractivity contribution in [2.45, 2.75) is 47.0 Å². The summed E-state index contributed by atoms with van der Waals surface area (Å²) in [5.74, 6) is -0.859. The van der Waals surface area contributed by atoms with E-state index in [0.717, 1.165) is 12.8 Å². The highest BCUT2D eigenvalue weighted by Gasteiger charge is 2.61. The summed E-state index contributed by atoms with van der Waals surface area (Å²) in [6.45, 7) is 7.95. The molecular formula is C13H22O4. The zero-order valence-electron chi connectivity index (χ0n) is 11.2. The van der Waals surface area contributed by atoms with E-state index in [1.54, 1.807) is 13.8 Å². The maximum Gasteiger partial charge on any atom is 0.324 e. The maximum absolute atomic E-state index is 12.2. The normalized spacial score (nSPS) is 20.9. The zero-order chi connectivity index (χ0) is 13.1. The molecule has 0 spiro atoms. The van der Waals surface area contributed by atoms with Crippen molar-refractivity contribution < 1.29 is 19.1 Å². The van der Waals surface area contributed by atoms with Crippen molar-refractivity contribution in [1.29, 1.82) is 0 Å². The van der Waals surface area contributed by atoms with Crippen LogP contribution in [0.1, 0.15) is 47.0 Å². The lowest BCUT2D eigenvalue weighted by Gasteiger charge is -2.36. The van der Waals surface area contributed by atoms with Gasteiger partial charge < -0.3 is 9.47 Å². The lowest BCUT2D eigenvalue weighted by Crippen LogP contribution is -2.49. The Morgan fingerprint density at radius 3 is 1.76 bits per heavy atom. The van der Waals surface area contributed by atoms with Crippen molar-refractivity contribution >= 4 is 11.9 Å². The van der Waals surface area contributed by atoms with Crippen molar-refractivity contribution in [3.63, 3.8) is 0 Å². The molecule has 0 saturated heterocycles. The van der Waals surface area contributed by atoms with E-state index in [9.17, 15) is 9.59 Å². The minimum atomic E-state index is -1.11. The van der Waals surface area contributed by atoms with Crippen LogP contribution < -0.4 is 0 Å². The Balaban J connectivity index is 3.09. The van der Waals surface area contributed by atoms with Gasteiger partial charge in [0.1, 0.15) is 0 Å². The number of ether oxygens (including phenoxy) is 2. The second-order valence-corrected chi connectivity index (χ2v) is 5.08. The molecule has 17 heavy (non-hydrogen) atoms. The first-order chi connectivity index (χ1) is 7.92. The van der Waals surface area contributed by atoms with Gasteiger partial charge in [-0.1, -0.05) is 20.3 Å². The molecule has 0 atom stereocenters. The molecule has 1 aliphatic rings.